The molecule has 0 spiro atoms. The van der Waals surface area contributed by atoms with Gasteiger partial charge in [0.1, 0.15) is 6.10 Å². The number of likely N-dealkylation sites (N-methyl/N-ethyl adjacent to an activating group) is 1. The molecule has 1 aliphatic rings. The van der Waals surface area contributed by atoms with E-state index >= 15 is 0 Å². The molecule has 0 aliphatic carbocycles. The zero-order chi connectivity index (χ0) is 11.3. The lowest BCUT2D eigenvalue weighted by Gasteiger charge is -2.32. The molecule has 88 valence electrons. The van der Waals surface area contributed by atoms with Gasteiger partial charge in [-0.25, -0.2) is 0 Å². The van der Waals surface area contributed by atoms with Crippen molar-refractivity contribution in [2.45, 2.75) is 38.8 Å². The zero-order valence-corrected chi connectivity index (χ0v) is 9.95. The van der Waals surface area contributed by atoms with Crippen LogP contribution in [0.15, 0.2) is 0 Å². The number of methoxy groups -OCH3 is 1. The topological polar surface area (TPSA) is 41.6 Å². The Bertz CT molecular complexity index is 209. The van der Waals surface area contributed by atoms with Crippen LogP contribution in [-0.2, 0) is 9.53 Å². The summed E-state index contributed by atoms with van der Waals surface area (Å²) in [4.78, 5) is 13.9. The van der Waals surface area contributed by atoms with Gasteiger partial charge in [0, 0.05) is 19.7 Å². The highest BCUT2D eigenvalue weighted by Gasteiger charge is 2.22. The van der Waals surface area contributed by atoms with Crippen molar-refractivity contribution in [3.8, 4) is 0 Å². The van der Waals surface area contributed by atoms with E-state index in [0.29, 0.717) is 6.04 Å². The van der Waals surface area contributed by atoms with Crippen molar-refractivity contribution < 1.29 is 9.53 Å². The lowest BCUT2D eigenvalue weighted by molar-refractivity contribution is -0.131. The van der Waals surface area contributed by atoms with Crippen LogP contribution in [0.5, 0.6) is 0 Å². The number of ether oxygens (including phenoxy) is 1. The first-order chi connectivity index (χ1) is 7.17. The lowest BCUT2D eigenvalue weighted by Crippen LogP contribution is -2.49. The molecule has 0 aromatic heterocycles. The number of carbonyl (C=O) groups is 1. The zero-order valence-electron chi connectivity index (χ0n) is 9.95. The Morgan fingerprint density at radius 3 is 3.00 bits per heavy atom. The second-order valence-corrected chi connectivity index (χ2v) is 4.12. The second-order valence-electron chi connectivity index (χ2n) is 4.12. The molecule has 15 heavy (non-hydrogen) atoms. The van der Waals surface area contributed by atoms with Crippen LogP contribution in [0.1, 0.15) is 26.7 Å². The van der Waals surface area contributed by atoms with Crippen molar-refractivity contribution in [2.75, 3.05) is 26.7 Å². The maximum absolute atomic E-state index is 11.6. The summed E-state index contributed by atoms with van der Waals surface area (Å²) in [6.07, 6.45) is 1.90. The minimum absolute atomic E-state index is 0.000420. The maximum atomic E-state index is 11.6. The van der Waals surface area contributed by atoms with Gasteiger partial charge in [0.15, 0.2) is 0 Å². The van der Waals surface area contributed by atoms with Gasteiger partial charge in [0.25, 0.3) is 0 Å². The first-order valence-electron chi connectivity index (χ1n) is 5.73. The van der Waals surface area contributed by atoms with E-state index < -0.39 is 0 Å². The number of nitrogens with zero attached hydrogens (tertiary/aromatic N) is 1. The van der Waals surface area contributed by atoms with Gasteiger partial charge in [-0.3, -0.25) is 4.79 Å². The van der Waals surface area contributed by atoms with Crippen LogP contribution < -0.4 is 5.32 Å². The lowest BCUT2D eigenvalue weighted by atomic mass is 10.1. The Hall–Kier alpha value is -0.610. The van der Waals surface area contributed by atoms with Crippen molar-refractivity contribution in [2.24, 2.45) is 0 Å². The van der Waals surface area contributed by atoms with Crippen LogP contribution in [0.2, 0.25) is 0 Å². The standard InChI is InChI=1S/C11H22N2O2/c1-4-13-7-5-6-10(8-13)12-11(14)9(2)15-3/h9-10H,4-8H2,1-3H3,(H,12,14). The Morgan fingerprint density at radius 2 is 2.40 bits per heavy atom. The minimum atomic E-state index is -0.345. The fourth-order valence-corrected chi connectivity index (χ4v) is 1.89. The number of nitrogens with one attached hydrogen (secondary N) is 1. The van der Waals surface area contributed by atoms with E-state index in [9.17, 15) is 4.79 Å². The Morgan fingerprint density at radius 1 is 1.67 bits per heavy atom. The Balaban J connectivity index is 2.34. The van der Waals surface area contributed by atoms with Gasteiger partial charge in [-0.15, -0.1) is 0 Å². The van der Waals surface area contributed by atoms with Crippen LogP contribution in [0.3, 0.4) is 0 Å². The minimum Gasteiger partial charge on any atom is -0.372 e. The predicted octanol–water partition coefficient (Wildman–Crippen LogP) is 0.622. The first kappa shape index (κ1) is 12.5. The summed E-state index contributed by atoms with van der Waals surface area (Å²) in [5.74, 6) is 0.000420. The fourth-order valence-electron chi connectivity index (χ4n) is 1.89. The maximum Gasteiger partial charge on any atom is 0.249 e. The van der Waals surface area contributed by atoms with E-state index in [1.54, 1.807) is 14.0 Å². The normalized spacial score (nSPS) is 24.9. The van der Waals surface area contributed by atoms with E-state index in [-0.39, 0.29) is 12.0 Å². The SMILES string of the molecule is CCN1CCCC(NC(=O)C(C)OC)C1. The van der Waals surface area contributed by atoms with Gasteiger partial charge >= 0.3 is 0 Å². The summed E-state index contributed by atoms with van der Waals surface area (Å²) in [6.45, 7) is 7.12. The van der Waals surface area contributed by atoms with E-state index in [1.807, 2.05) is 0 Å². The van der Waals surface area contributed by atoms with Gasteiger partial charge in [0.2, 0.25) is 5.91 Å². The van der Waals surface area contributed by atoms with Gasteiger partial charge < -0.3 is 15.0 Å². The molecule has 1 saturated heterocycles. The average Bonchev–Trinajstić information content (AvgIpc) is 2.28. The van der Waals surface area contributed by atoms with Gasteiger partial charge in [-0.1, -0.05) is 6.92 Å². The molecular weight excluding hydrogens is 192 g/mol. The number of hydrogen-bond donors (Lipinski definition) is 1. The summed E-state index contributed by atoms with van der Waals surface area (Å²) in [7, 11) is 1.56. The smallest absolute Gasteiger partial charge is 0.249 e. The summed E-state index contributed by atoms with van der Waals surface area (Å²) >= 11 is 0. The third-order valence-corrected chi connectivity index (χ3v) is 3.02. The molecule has 1 N–H and O–H groups in total. The molecule has 0 aromatic carbocycles. The third kappa shape index (κ3) is 3.80. The van der Waals surface area contributed by atoms with Crippen molar-refractivity contribution >= 4 is 5.91 Å². The summed E-state index contributed by atoms with van der Waals surface area (Å²) in [6, 6.07) is 0.295. The average molecular weight is 214 g/mol. The quantitative estimate of drug-likeness (QED) is 0.746. The number of rotatable bonds is 4. The van der Waals surface area contributed by atoms with Gasteiger partial charge in [0.05, 0.1) is 0 Å². The number of amides is 1. The molecule has 1 amide bonds. The molecule has 0 aromatic rings. The number of carbonyl (C=O) groups excluding carboxylic acids is 1. The van der Waals surface area contributed by atoms with Crippen molar-refractivity contribution in [1.29, 1.82) is 0 Å². The van der Waals surface area contributed by atoms with Crippen molar-refractivity contribution in [3.05, 3.63) is 0 Å². The Labute approximate surface area is 92.0 Å². The third-order valence-electron chi connectivity index (χ3n) is 3.02. The van der Waals surface area contributed by atoms with Gasteiger partial charge in [-0.2, -0.15) is 0 Å². The number of piperidine rings is 1. The van der Waals surface area contributed by atoms with Crippen LogP contribution >= 0.6 is 0 Å². The molecule has 4 nitrogen and oxygen atoms in total. The molecule has 1 fully saturated rings. The van der Waals surface area contributed by atoms with Crippen LogP contribution in [0.4, 0.5) is 0 Å². The molecule has 1 aliphatic heterocycles. The molecular formula is C11H22N2O2. The highest BCUT2D eigenvalue weighted by Crippen LogP contribution is 2.09. The van der Waals surface area contributed by atoms with Crippen LogP contribution in [-0.4, -0.2) is 49.7 Å². The molecule has 2 atom stereocenters. The summed E-state index contributed by atoms with van der Waals surface area (Å²) < 4.78 is 4.98. The summed E-state index contributed by atoms with van der Waals surface area (Å²) in [5.41, 5.74) is 0. The Kier molecular flexibility index (Phi) is 5.05. The monoisotopic (exact) mass is 214 g/mol. The van der Waals surface area contributed by atoms with E-state index in [4.69, 9.17) is 4.74 Å². The molecule has 1 rings (SSSR count). The first-order valence-corrected chi connectivity index (χ1v) is 5.73. The molecule has 0 saturated carbocycles. The second kappa shape index (κ2) is 6.08. The fraction of sp³-hybridized carbons (Fsp3) is 0.909. The highest BCUT2D eigenvalue weighted by molar-refractivity contribution is 5.80. The van der Waals surface area contributed by atoms with Gasteiger partial charge in [-0.05, 0) is 32.9 Å². The molecule has 1 heterocycles. The van der Waals surface area contributed by atoms with Crippen molar-refractivity contribution in [1.82, 2.24) is 10.2 Å². The summed E-state index contributed by atoms with van der Waals surface area (Å²) in [5, 5.41) is 3.03. The van der Waals surface area contributed by atoms with Crippen LogP contribution in [0.25, 0.3) is 0 Å². The van der Waals surface area contributed by atoms with E-state index in [0.717, 1.165) is 26.1 Å². The van der Waals surface area contributed by atoms with Crippen molar-refractivity contribution in [3.63, 3.8) is 0 Å². The molecule has 0 bridgehead atoms. The van der Waals surface area contributed by atoms with E-state index in [2.05, 4.69) is 17.1 Å². The van der Waals surface area contributed by atoms with E-state index in [1.165, 1.54) is 6.42 Å². The highest BCUT2D eigenvalue weighted by atomic mass is 16.5. The number of likely N-dealkylation sites (tertiary alicyclic amines) is 1. The molecule has 0 radical (unpaired) electrons. The molecule has 4 heteroatoms. The predicted molar refractivity (Wildman–Crippen MR) is 59.7 cm³/mol. The molecule has 2 unspecified atom stereocenters. The largest absolute Gasteiger partial charge is 0.372 e. The number of hydrogen-bond acceptors (Lipinski definition) is 3. The van der Waals surface area contributed by atoms with Crippen LogP contribution in [0, 0.1) is 0 Å².